The molecule has 0 saturated heterocycles. The molecule has 0 unspecified atom stereocenters. The highest BCUT2D eigenvalue weighted by Gasteiger charge is 2.14. The van der Waals surface area contributed by atoms with Crippen molar-refractivity contribution in [2.24, 2.45) is 7.05 Å². The molecule has 23 heavy (non-hydrogen) atoms. The Hall–Kier alpha value is -2.89. The Balaban J connectivity index is 1.95. The van der Waals surface area contributed by atoms with E-state index in [1.165, 1.54) is 0 Å². The van der Waals surface area contributed by atoms with Gasteiger partial charge in [0.15, 0.2) is 0 Å². The number of pyridine rings is 1. The van der Waals surface area contributed by atoms with Gasteiger partial charge < -0.3 is 10.1 Å². The first-order chi connectivity index (χ1) is 11.1. The summed E-state index contributed by atoms with van der Waals surface area (Å²) < 4.78 is 6.95. The fourth-order valence-electron chi connectivity index (χ4n) is 2.44. The van der Waals surface area contributed by atoms with E-state index in [4.69, 9.17) is 4.74 Å². The van der Waals surface area contributed by atoms with E-state index in [2.05, 4.69) is 15.4 Å². The lowest BCUT2D eigenvalue weighted by atomic mass is 10.1. The number of hydrogen-bond acceptors (Lipinski definition) is 4. The van der Waals surface area contributed by atoms with Crippen molar-refractivity contribution in [2.45, 2.75) is 13.3 Å². The molecule has 0 spiro atoms. The minimum absolute atomic E-state index is 0.292. The summed E-state index contributed by atoms with van der Waals surface area (Å²) in [6.07, 6.45) is 0.811. The van der Waals surface area contributed by atoms with E-state index in [9.17, 15) is 4.79 Å². The molecule has 6 heteroatoms. The molecule has 1 amide bonds. The van der Waals surface area contributed by atoms with Gasteiger partial charge in [0.05, 0.1) is 12.8 Å². The third kappa shape index (κ3) is 2.88. The zero-order valence-corrected chi connectivity index (χ0v) is 13.3. The van der Waals surface area contributed by atoms with E-state index in [0.29, 0.717) is 17.4 Å². The van der Waals surface area contributed by atoms with E-state index in [-0.39, 0.29) is 5.91 Å². The molecule has 0 saturated carbocycles. The number of rotatable bonds is 4. The average molecular weight is 310 g/mol. The van der Waals surface area contributed by atoms with Crippen molar-refractivity contribution in [3.8, 4) is 5.88 Å². The maximum Gasteiger partial charge on any atom is 0.275 e. The number of fused-ring (bicyclic) bond motifs is 1. The quantitative estimate of drug-likeness (QED) is 0.804. The first-order valence-corrected chi connectivity index (χ1v) is 7.40. The van der Waals surface area contributed by atoms with Gasteiger partial charge >= 0.3 is 0 Å². The lowest BCUT2D eigenvalue weighted by Gasteiger charge is -2.09. The van der Waals surface area contributed by atoms with Gasteiger partial charge in [-0.1, -0.05) is 25.1 Å². The van der Waals surface area contributed by atoms with Crippen LogP contribution in [-0.4, -0.2) is 27.8 Å². The van der Waals surface area contributed by atoms with Gasteiger partial charge in [0.2, 0.25) is 5.88 Å². The smallest absolute Gasteiger partial charge is 0.275 e. The fourth-order valence-corrected chi connectivity index (χ4v) is 2.44. The number of benzene rings is 1. The second kappa shape index (κ2) is 6.08. The van der Waals surface area contributed by atoms with Gasteiger partial charge in [0.25, 0.3) is 5.91 Å². The predicted octanol–water partition coefficient (Wildman–Crippen LogP) is 2.79. The molecule has 0 fully saturated rings. The number of carbonyl (C=O) groups excluding carboxylic acids is 1. The molecule has 6 nitrogen and oxygen atoms in total. The lowest BCUT2D eigenvalue weighted by Crippen LogP contribution is -2.16. The van der Waals surface area contributed by atoms with Crippen molar-refractivity contribution in [2.75, 3.05) is 12.4 Å². The molecule has 0 aliphatic carbocycles. The zero-order chi connectivity index (χ0) is 16.4. The Morgan fingerprint density at radius 1 is 1.30 bits per heavy atom. The van der Waals surface area contributed by atoms with Crippen molar-refractivity contribution >= 4 is 22.5 Å². The average Bonchev–Trinajstić information content (AvgIpc) is 2.93. The van der Waals surface area contributed by atoms with Gasteiger partial charge in [-0.25, -0.2) is 4.98 Å². The number of ether oxygens (including phenoxy) is 1. The third-order valence-electron chi connectivity index (χ3n) is 3.67. The summed E-state index contributed by atoms with van der Waals surface area (Å²) in [6.45, 7) is 2.02. The summed E-state index contributed by atoms with van der Waals surface area (Å²) in [5.41, 5.74) is 1.23. The number of carbonyl (C=O) groups is 1. The van der Waals surface area contributed by atoms with Crippen LogP contribution >= 0.6 is 0 Å². The highest BCUT2D eigenvalue weighted by molar-refractivity contribution is 6.05. The number of aromatic nitrogens is 3. The molecule has 1 N–H and O–H groups in total. The summed E-state index contributed by atoms with van der Waals surface area (Å²) in [5, 5.41) is 8.94. The molecule has 0 radical (unpaired) electrons. The minimum Gasteiger partial charge on any atom is -0.481 e. The van der Waals surface area contributed by atoms with Gasteiger partial charge in [-0.3, -0.25) is 9.48 Å². The normalized spacial score (nSPS) is 10.7. The first-order valence-electron chi connectivity index (χ1n) is 7.40. The number of hydrogen-bond donors (Lipinski definition) is 1. The summed E-state index contributed by atoms with van der Waals surface area (Å²) in [5.74, 6) is 0.785. The van der Waals surface area contributed by atoms with Crippen LogP contribution < -0.4 is 10.1 Å². The monoisotopic (exact) mass is 310 g/mol. The summed E-state index contributed by atoms with van der Waals surface area (Å²) >= 11 is 0. The molecule has 3 rings (SSSR count). The van der Waals surface area contributed by atoms with Crippen LogP contribution in [-0.2, 0) is 13.5 Å². The van der Waals surface area contributed by atoms with Crippen LogP contribution in [0.1, 0.15) is 23.1 Å². The number of methoxy groups -OCH3 is 1. The van der Waals surface area contributed by atoms with Crippen LogP contribution in [0.25, 0.3) is 10.8 Å². The molecule has 118 valence electrons. The van der Waals surface area contributed by atoms with Gasteiger partial charge in [-0.05, 0) is 23.9 Å². The van der Waals surface area contributed by atoms with Crippen LogP contribution in [0.3, 0.4) is 0 Å². The van der Waals surface area contributed by atoms with E-state index in [1.54, 1.807) is 24.9 Å². The zero-order valence-electron chi connectivity index (χ0n) is 13.3. The molecule has 0 aliphatic heterocycles. The molecule has 0 aliphatic rings. The number of nitrogens with one attached hydrogen (secondary N) is 1. The fraction of sp³-hybridized carbons (Fsp3) is 0.235. The Morgan fingerprint density at radius 3 is 2.78 bits per heavy atom. The first kappa shape index (κ1) is 15.0. The number of amides is 1. The Kier molecular flexibility index (Phi) is 3.97. The van der Waals surface area contributed by atoms with Gasteiger partial charge in [-0.2, -0.15) is 5.10 Å². The minimum atomic E-state index is -0.292. The van der Waals surface area contributed by atoms with Crippen molar-refractivity contribution < 1.29 is 9.53 Å². The summed E-state index contributed by atoms with van der Waals surface area (Å²) in [4.78, 5) is 16.8. The maximum atomic E-state index is 12.5. The molecule has 2 heterocycles. The Bertz CT molecular complexity index is 870. The maximum absolute atomic E-state index is 12.5. The molecular formula is C17H18N4O2. The van der Waals surface area contributed by atoms with Crippen LogP contribution in [0.15, 0.2) is 36.4 Å². The number of anilines is 1. The van der Waals surface area contributed by atoms with Crippen molar-refractivity contribution in [1.82, 2.24) is 14.8 Å². The molecule has 0 bridgehead atoms. The standard InChI is InChI=1S/C17H18N4O2/c1-4-12-10-15(21(2)20-12)19-16(22)14-9-11-7-5-6-8-13(11)17(18-14)23-3/h5-10H,4H2,1-3H3,(H,19,22). The van der Waals surface area contributed by atoms with E-state index >= 15 is 0 Å². The summed E-state index contributed by atoms with van der Waals surface area (Å²) in [7, 11) is 3.34. The van der Waals surface area contributed by atoms with Gasteiger partial charge in [0.1, 0.15) is 11.5 Å². The number of nitrogens with zero attached hydrogens (tertiary/aromatic N) is 3. The molecule has 2 aromatic heterocycles. The van der Waals surface area contributed by atoms with Crippen LogP contribution in [0.4, 0.5) is 5.82 Å². The highest BCUT2D eigenvalue weighted by atomic mass is 16.5. The van der Waals surface area contributed by atoms with Crippen molar-refractivity contribution in [3.05, 3.63) is 47.8 Å². The molecule has 1 aromatic carbocycles. The topological polar surface area (TPSA) is 69.0 Å². The number of aryl methyl sites for hydroxylation is 2. The lowest BCUT2D eigenvalue weighted by molar-refractivity contribution is 0.102. The van der Waals surface area contributed by atoms with Crippen LogP contribution in [0, 0.1) is 0 Å². The Labute approximate surface area is 134 Å². The van der Waals surface area contributed by atoms with Crippen molar-refractivity contribution in [3.63, 3.8) is 0 Å². The third-order valence-corrected chi connectivity index (χ3v) is 3.67. The second-order valence-electron chi connectivity index (χ2n) is 5.19. The second-order valence-corrected chi connectivity index (χ2v) is 5.19. The molecular weight excluding hydrogens is 292 g/mol. The largest absolute Gasteiger partial charge is 0.481 e. The van der Waals surface area contributed by atoms with Crippen LogP contribution in [0.2, 0.25) is 0 Å². The Morgan fingerprint density at radius 2 is 2.09 bits per heavy atom. The van der Waals surface area contributed by atoms with Gasteiger partial charge in [-0.15, -0.1) is 0 Å². The van der Waals surface area contributed by atoms with E-state index in [0.717, 1.165) is 22.9 Å². The van der Waals surface area contributed by atoms with Crippen molar-refractivity contribution in [1.29, 1.82) is 0 Å². The van der Waals surface area contributed by atoms with E-state index in [1.807, 2.05) is 37.3 Å². The highest BCUT2D eigenvalue weighted by Crippen LogP contribution is 2.24. The van der Waals surface area contributed by atoms with E-state index < -0.39 is 0 Å². The SMILES string of the molecule is CCc1cc(NC(=O)c2cc3ccccc3c(OC)n2)n(C)n1. The summed E-state index contributed by atoms with van der Waals surface area (Å²) in [6, 6.07) is 11.3. The van der Waals surface area contributed by atoms with Crippen LogP contribution in [0.5, 0.6) is 5.88 Å². The van der Waals surface area contributed by atoms with Gasteiger partial charge in [0, 0.05) is 18.5 Å². The predicted molar refractivity (Wildman–Crippen MR) is 88.8 cm³/mol. The molecule has 3 aromatic rings. The molecule has 0 atom stereocenters.